The van der Waals surface area contributed by atoms with E-state index in [-0.39, 0.29) is 11.3 Å². The molecule has 76 valence electrons. The van der Waals surface area contributed by atoms with Gasteiger partial charge in [-0.25, -0.2) is 4.39 Å². The first-order chi connectivity index (χ1) is 6.49. The predicted octanol–water partition coefficient (Wildman–Crippen LogP) is 1.40. The van der Waals surface area contributed by atoms with Crippen LogP contribution >= 0.6 is 0 Å². The highest BCUT2D eigenvalue weighted by atomic mass is 19.1. The average molecular weight is 196 g/mol. The summed E-state index contributed by atoms with van der Waals surface area (Å²) in [6.07, 6.45) is 2.45. The van der Waals surface area contributed by atoms with Crippen molar-refractivity contribution in [2.45, 2.75) is 19.4 Å². The number of halogens is 1. The molecule has 0 atom stereocenters. The molecular weight excluding hydrogens is 183 g/mol. The summed E-state index contributed by atoms with van der Waals surface area (Å²) in [6.45, 7) is 3.41. The molecule has 1 N–H and O–H groups in total. The molecule has 0 bridgehead atoms. The SMILES string of the molecule is CNC(C)(C)C(=O)c1ccncc1F. The molecule has 0 aliphatic carbocycles. The zero-order valence-corrected chi connectivity index (χ0v) is 8.47. The van der Waals surface area contributed by atoms with Gasteiger partial charge in [0.15, 0.2) is 11.6 Å². The molecule has 0 unspecified atom stereocenters. The summed E-state index contributed by atoms with van der Waals surface area (Å²) in [4.78, 5) is 15.4. The van der Waals surface area contributed by atoms with Crippen molar-refractivity contribution in [1.82, 2.24) is 10.3 Å². The van der Waals surface area contributed by atoms with E-state index in [1.807, 2.05) is 0 Å². The van der Waals surface area contributed by atoms with Crippen molar-refractivity contribution in [3.8, 4) is 0 Å². The third-order valence-corrected chi connectivity index (χ3v) is 2.21. The van der Waals surface area contributed by atoms with E-state index in [1.54, 1.807) is 20.9 Å². The van der Waals surface area contributed by atoms with Crippen LogP contribution in [0.2, 0.25) is 0 Å². The Labute approximate surface area is 82.4 Å². The highest BCUT2D eigenvalue weighted by Crippen LogP contribution is 2.14. The number of nitrogens with zero attached hydrogens (tertiary/aromatic N) is 1. The largest absolute Gasteiger partial charge is 0.308 e. The van der Waals surface area contributed by atoms with Crippen LogP contribution in [-0.4, -0.2) is 23.4 Å². The minimum atomic E-state index is -0.762. The number of carbonyl (C=O) groups is 1. The van der Waals surface area contributed by atoms with E-state index in [0.29, 0.717) is 0 Å². The van der Waals surface area contributed by atoms with Crippen molar-refractivity contribution in [1.29, 1.82) is 0 Å². The van der Waals surface area contributed by atoms with Crippen LogP contribution < -0.4 is 5.32 Å². The minimum absolute atomic E-state index is 0.0688. The molecule has 14 heavy (non-hydrogen) atoms. The van der Waals surface area contributed by atoms with E-state index in [1.165, 1.54) is 12.3 Å². The zero-order valence-electron chi connectivity index (χ0n) is 8.47. The van der Waals surface area contributed by atoms with Crippen molar-refractivity contribution in [3.05, 3.63) is 29.8 Å². The van der Waals surface area contributed by atoms with Gasteiger partial charge < -0.3 is 5.32 Å². The molecule has 0 aromatic carbocycles. The van der Waals surface area contributed by atoms with Crippen molar-refractivity contribution >= 4 is 5.78 Å². The molecule has 1 heterocycles. The fraction of sp³-hybridized carbons (Fsp3) is 0.400. The second-order valence-corrected chi connectivity index (χ2v) is 3.56. The zero-order chi connectivity index (χ0) is 10.8. The molecule has 0 radical (unpaired) electrons. The second kappa shape index (κ2) is 3.84. The van der Waals surface area contributed by atoms with Gasteiger partial charge in [-0.1, -0.05) is 0 Å². The summed E-state index contributed by atoms with van der Waals surface area (Å²) in [5.41, 5.74) is -0.693. The Hall–Kier alpha value is -1.29. The van der Waals surface area contributed by atoms with Crippen molar-refractivity contribution in [3.63, 3.8) is 0 Å². The number of likely N-dealkylation sites (N-methyl/N-ethyl adjacent to an activating group) is 1. The topological polar surface area (TPSA) is 42.0 Å². The summed E-state index contributed by atoms with van der Waals surface area (Å²) in [7, 11) is 1.66. The average Bonchev–Trinajstić information content (AvgIpc) is 2.17. The molecule has 0 saturated carbocycles. The van der Waals surface area contributed by atoms with Gasteiger partial charge in [0, 0.05) is 6.20 Å². The molecule has 4 heteroatoms. The Morgan fingerprint density at radius 2 is 2.21 bits per heavy atom. The van der Waals surface area contributed by atoms with Gasteiger partial charge in [-0.15, -0.1) is 0 Å². The van der Waals surface area contributed by atoms with Crippen molar-refractivity contribution in [2.24, 2.45) is 0 Å². The van der Waals surface area contributed by atoms with E-state index in [2.05, 4.69) is 10.3 Å². The van der Waals surface area contributed by atoms with Crippen LogP contribution in [0.25, 0.3) is 0 Å². The van der Waals surface area contributed by atoms with Gasteiger partial charge in [0.1, 0.15) is 0 Å². The lowest BCUT2D eigenvalue weighted by molar-refractivity contribution is 0.0885. The maximum absolute atomic E-state index is 13.2. The first kappa shape index (κ1) is 10.8. The number of nitrogens with one attached hydrogen (secondary N) is 1. The van der Waals surface area contributed by atoms with E-state index in [0.717, 1.165) is 6.20 Å². The van der Waals surface area contributed by atoms with Gasteiger partial charge in [0.25, 0.3) is 0 Å². The van der Waals surface area contributed by atoms with Gasteiger partial charge in [0.2, 0.25) is 0 Å². The molecule has 1 aromatic heterocycles. The molecule has 1 rings (SSSR count). The number of carbonyl (C=O) groups excluding carboxylic acids is 1. The summed E-state index contributed by atoms with van der Waals surface area (Å²) in [5.74, 6) is -0.860. The summed E-state index contributed by atoms with van der Waals surface area (Å²) < 4.78 is 13.2. The molecule has 0 spiro atoms. The highest BCUT2D eigenvalue weighted by Gasteiger charge is 2.28. The number of hydrogen-bond donors (Lipinski definition) is 1. The van der Waals surface area contributed by atoms with Crippen LogP contribution in [0.3, 0.4) is 0 Å². The minimum Gasteiger partial charge on any atom is -0.308 e. The quantitative estimate of drug-likeness (QED) is 0.743. The van der Waals surface area contributed by atoms with Gasteiger partial charge in [-0.3, -0.25) is 9.78 Å². The number of aromatic nitrogens is 1. The Kier molecular flexibility index (Phi) is 2.96. The molecular formula is C10H13FN2O. The Bertz CT molecular complexity index is 350. The maximum atomic E-state index is 13.2. The van der Waals surface area contributed by atoms with Gasteiger partial charge in [-0.2, -0.15) is 0 Å². The predicted molar refractivity (Wildman–Crippen MR) is 51.7 cm³/mol. The number of ketones is 1. The Morgan fingerprint density at radius 1 is 1.57 bits per heavy atom. The molecule has 0 fully saturated rings. The number of pyridine rings is 1. The van der Waals surface area contributed by atoms with Crippen molar-refractivity contribution in [2.75, 3.05) is 7.05 Å². The third kappa shape index (κ3) is 1.96. The molecule has 1 aromatic rings. The number of rotatable bonds is 3. The van der Waals surface area contributed by atoms with Crippen LogP contribution in [-0.2, 0) is 0 Å². The number of hydrogen-bond acceptors (Lipinski definition) is 3. The molecule has 3 nitrogen and oxygen atoms in total. The third-order valence-electron chi connectivity index (χ3n) is 2.21. The van der Waals surface area contributed by atoms with Crippen LogP contribution in [0.4, 0.5) is 4.39 Å². The first-order valence-corrected chi connectivity index (χ1v) is 4.32. The van der Waals surface area contributed by atoms with Crippen LogP contribution in [0, 0.1) is 5.82 Å². The standard InChI is InChI=1S/C10H13FN2O/c1-10(2,12-3)9(14)7-4-5-13-6-8(7)11/h4-6,12H,1-3H3. The lowest BCUT2D eigenvalue weighted by Crippen LogP contribution is -2.44. The lowest BCUT2D eigenvalue weighted by Gasteiger charge is -2.22. The van der Waals surface area contributed by atoms with Gasteiger partial charge in [0.05, 0.1) is 17.3 Å². The molecule has 0 aliphatic rings. The van der Waals surface area contributed by atoms with Gasteiger partial charge >= 0.3 is 0 Å². The fourth-order valence-corrected chi connectivity index (χ4v) is 1.01. The van der Waals surface area contributed by atoms with Crippen molar-refractivity contribution < 1.29 is 9.18 Å². The van der Waals surface area contributed by atoms with E-state index in [9.17, 15) is 9.18 Å². The molecule has 0 saturated heterocycles. The summed E-state index contributed by atoms with van der Waals surface area (Å²) in [5, 5.41) is 2.83. The van der Waals surface area contributed by atoms with E-state index in [4.69, 9.17) is 0 Å². The second-order valence-electron chi connectivity index (χ2n) is 3.56. The molecule has 0 aliphatic heterocycles. The Morgan fingerprint density at radius 3 is 2.71 bits per heavy atom. The fourth-order valence-electron chi connectivity index (χ4n) is 1.01. The molecule has 0 amide bonds. The van der Waals surface area contributed by atoms with E-state index < -0.39 is 11.4 Å². The first-order valence-electron chi connectivity index (χ1n) is 4.32. The highest BCUT2D eigenvalue weighted by molar-refractivity contribution is 6.02. The normalized spacial score (nSPS) is 11.4. The van der Waals surface area contributed by atoms with Crippen LogP contribution in [0.5, 0.6) is 0 Å². The van der Waals surface area contributed by atoms with Gasteiger partial charge in [-0.05, 0) is 27.0 Å². The van der Waals surface area contributed by atoms with Crippen LogP contribution in [0.15, 0.2) is 18.5 Å². The monoisotopic (exact) mass is 196 g/mol. The van der Waals surface area contributed by atoms with Crippen LogP contribution in [0.1, 0.15) is 24.2 Å². The summed E-state index contributed by atoms with van der Waals surface area (Å²) >= 11 is 0. The lowest BCUT2D eigenvalue weighted by atomic mass is 9.94. The maximum Gasteiger partial charge on any atom is 0.185 e. The Balaban J connectivity index is 3.07. The smallest absolute Gasteiger partial charge is 0.185 e. The van der Waals surface area contributed by atoms with E-state index >= 15 is 0 Å². The summed E-state index contributed by atoms with van der Waals surface area (Å²) in [6, 6.07) is 1.39. The number of Topliss-reactive ketones (excluding diaryl/α,β-unsaturated/α-hetero) is 1.